The van der Waals surface area contributed by atoms with Crippen molar-refractivity contribution < 1.29 is 14.1 Å². The van der Waals surface area contributed by atoms with Crippen molar-refractivity contribution in [2.75, 3.05) is 13.1 Å². The van der Waals surface area contributed by atoms with Gasteiger partial charge in [-0.15, -0.1) is 0 Å². The highest BCUT2D eigenvalue weighted by Gasteiger charge is 2.53. The lowest BCUT2D eigenvalue weighted by Gasteiger charge is -2.36. The van der Waals surface area contributed by atoms with Crippen molar-refractivity contribution in [3.05, 3.63) is 10.6 Å². The minimum absolute atomic E-state index is 0.222. The summed E-state index contributed by atoms with van der Waals surface area (Å²) in [6.45, 7) is 13.0. The number of hydrogen-bond acceptors (Lipinski definition) is 6. The smallest absolute Gasteiger partial charge is 0.357 e. The van der Waals surface area contributed by atoms with Gasteiger partial charge in [0.2, 0.25) is 0 Å². The number of carbonyl (C=O) groups is 1. The molecule has 0 amide bonds. The van der Waals surface area contributed by atoms with Gasteiger partial charge in [-0.2, -0.15) is 0 Å². The average molecular weight is 448 g/mol. The van der Waals surface area contributed by atoms with E-state index in [2.05, 4.69) is 10.3 Å². The predicted octanol–water partition coefficient (Wildman–Crippen LogP) is 4.42. The molecule has 2 heterocycles. The van der Waals surface area contributed by atoms with Crippen molar-refractivity contribution in [3.8, 4) is 0 Å². The number of thiol groups is 1. The summed E-state index contributed by atoms with van der Waals surface area (Å²) in [5.41, 5.74) is 0.763. The Morgan fingerprint density at radius 2 is 1.89 bits per heavy atom. The monoisotopic (exact) mass is 447 g/mol. The van der Waals surface area contributed by atoms with E-state index < -0.39 is 32.6 Å². The zero-order valence-corrected chi connectivity index (χ0v) is 19.9. The maximum Gasteiger partial charge on any atom is 0.357 e. The molecule has 0 aromatic carbocycles. The molecule has 0 bridgehead atoms. The molecular weight excluding hydrogens is 418 g/mol. The predicted molar refractivity (Wildman–Crippen MR) is 120 cm³/mol. The van der Waals surface area contributed by atoms with E-state index in [0.717, 1.165) is 42.2 Å². The fourth-order valence-electron chi connectivity index (χ4n) is 3.61. The molecule has 1 N–H and O–H groups in total. The van der Waals surface area contributed by atoms with E-state index in [9.17, 15) is 9.35 Å². The molecule has 0 aromatic heterocycles. The molecule has 9 heteroatoms. The number of nitrogens with one attached hydrogen (secondary N) is 1. The van der Waals surface area contributed by atoms with Gasteiger partial charge in [0.1, 0.15) is 27.4 Å². The second-order valence-electron chi connectivity index (χ2n) is 9.50. The highest BCUT2D eigenvalue weighted by molar-refractivity contribution is 8.46. The van der Waals surface area contributed by atoms with Gasteiger partial charge in [0.05, 0.1) is 10.6 Å². The third kappa shape index (κ3) is 4.31. The molecule has 1 spiro atoms. The highest BCUT2D eigenvalue weighted by Crippen LogP contribution is 2.60. The van der Waals surface area contributed by atoms with Gasteiger partial charge in [-0.3, -0.25) is 0 Å². The van der Waals surface area contributed by atoms with Crippen LogP contribution in [0.4, 0.5) is 4.79 Å². The summed E-state index contributed by atoms with van der Waals surface area (Å²) in [7, 11) is -1.58. The number of ether oxygens (including phenoxy) is 1. The third-order valence-electron chi connectivity index (χ3n) is 4.98. The zero-order chi connectivity index (χ0) is 20.9. The first kappa shape index (κ1) is 22.2. The standard InChI is InChI=1S/C19H30ClN3O3S2/c1-17(2,3)26-16(24)27-13-12(22-15(27)20)11-19(7-9-21-10-8-19)14(13)23-28(25)18(4,5)6/h21,27H,7-11H2,1-6H3. The molecule has 0 radical (unpaired) electrons. The molecule has 0 aromatic rings. The van der Waals surface area contributed by atoms with Crippen LogP contribution in [0.25, 0.3) is 0 Å². The molecule has 1 fully saturated rings. The van der Waals surface area contributed by atoms with Crippen molar-refractivity contribution in [3.63, 3.8) is 0 Å². The topological polar surface area (TPSA) is 86.1 Å². The first-order valence-corrected chi connectivity index (χ1v) is 12.4. The Balaban J connectivity index is 2.04. The van der Waals surface area contributed by atoms with Gasteiger partial charge in [0.25, 0.3) is 0 Å². The lowest BCUT2D eigenvalue weighted by Crippen LogP contribution is -2.42. The minimum atomic E-state index is -1.58. The summed E-state index contributed by atoms with van der Waals surface area (Å²) in [6.07, 6.45) is 2.46. The number of rotatable bonds is 1. The van der Waals surface area contributed by atoms with Crippen molar-refractivity contribution in [1.29, 1.82) is 0 Å². The quantitative estimate of drug-likeness (QED) is 0.354. The van der Waals surface area contributed by atoms with E-state index in [4.69, 9.17) is 20.7 Å². The molecule has 158 valence electrons. The van der Waals surface area contributed by atoms with Crippen LogP contribution < -0.4 is 5.32 Å². The van der Waals surface area contributed by atoms with Gasteiger partial charge >= 0.3 is 5.30 Å². The summed E-state index contributed by atoms with van der Waals surface area (Å²) in [5.74, 6) is 0. The average Bonchev–Trinajstić information content (AvgIpc) is 2.98. The summed E-state index contributed by atoms with van der Waals surface area (Å²) in [5, 5.41) is 3.02. The Kier molecular flexibility index (Phi) is 6.02. The molecular formula is C19H30ClN3O3S2. The molecule has 2 aliphatic heterocycles. The Hall–Kier alpha value is -0.540. The van der Waals surface area contributed by atoms with E-state index in [0.29, 0.717) is 6.42 Å². The summed E-state index contributed by atoms with van der Waals surface area (Å²) < 4.78 is 23.1. The first-order valence-electron chi connectivity index (χ1n) is 9.57. The van der Waals surface area contributed by atoms with Crippen LogP contribution in [0.3, 0.4) is 0 Å². The second kappa shape index (κ2) is 7.61. The molecule has 3 rings (SSSR count). The summed E-state index contributed by atoms with van der Waals surface area (Å²) in [6, 6.07) is 0. The largest absolute Gasteiger partial charge is 0.591 e. The fraction of sp³-hybridized carbons (Fsp3) is 0.737. The number of carbonyl (C=O) groups excluding carboxylic acids is 1. The van der Waals surface area contributed by atoms with Crippen LogP contribution in [0.15, 0.2) is 20.0 Å². The molecule has 2 unspecified atom stereocenters. The molecule has 2 atom stereocenters. The maximum absolute atomic E-state index is 13.0. The summed E-state index contributed by atoms with van der Waals surface area (Å²) >= 11 is 4.99. The van der Waals surface area contributed by atoms with Crippen molar-refractivity contribution in [2.24, 2.45) is 14.8 Å². The number of aliphatic imine (C=N–C) groups is 1. The minimum Gasteiger partial charge on any atom is -0.591 e. The van der Waals surface area contributed by atoms with E-state index in [1.165, 1.54) is 0 Å². The Morgan fingerprint density at radius 1 is 1.29 bits per heavy atom. The molecule has 28 heavy (non-hydrogen) atoms. The van der Waals surface area contributed by atoms with Crippen LogP contribution in [-0.4, -0.2) is 43.5 Å². The molecule has 0 saturated carbocycles. The second-order valence-corrected chi connectivity index (χ2v) is 13.9. The van der Waals surface area contributed by atoms with Crippen molar-refractivity contribution >= 4 is 49.4 Å². The van der Waals surface area contributed by atoms with E-state index >= 15 is 0 Å². The molecule has 1 saturated heterocycles. The Labute approximate surface area is 178 Å². The lowest BCUT2D eigenvalue weighted by molar-refractivity contribution is 0.0737. The van der Waals surface area contributed by atoms with E-state index in [1.807, 2.05) is 41.5 Å². The molecule has 6 nitrogen and oxygen atoms in total. The van der Waals surface area contributed by atoms with Gasteiger partial charge in [-0.05, 0) is 67.5 Å². The van der Waals surface area contributed by atoms with Gasteiger partial charge in [0, 0.05) is 11.8 Å². The number of piperidine rings is 1. The number of halogens is 1. The van der Waals surface area contributed by atoms with Crippen LogP contribution in [0.5, 0.6) is 0 Å². The van der Waals surface area contributed by atoms with E-state index in [1.54, 1.807) is 0 Å². The maximum atomic E-state index is 13.0. The number of hydrogen-bond donors (Lipinski definition) is 2. The number of allylic oxidation sites excluding steroid dienone is 2. The Bertz CT molecular complexity index is 759. The van der Waals surface area contributed by atoms with E-state index in [-0.39, 0.29) is 15.2 Å². The van der Waals surface area contributed by atoms with Crippen LogP contribution >= 0.6 is 22.5 Å². The van der Waals surface area contributed by atoms with Gasteiger partial charge in [-0.1, -0.05) is 26.9 Å². The molecule has 1 aliphatic carbocycles. The van der Waals surface area contributed by atoms with Crippen molar-refractivity contribution in [1.82, 2.24) is 5.32 Å². The summed E-state index contributed by atoms with van der Waals surface area (Å²) in [4.78, 5) is 18.3. The first-order chi connectivity index (χ1) is 12.8. The van der Waals surface area contributed by atoms with Crippen LogP contribution in [0.2, 0.25) is 0 Å². The highest BCUT2D eigenvalue weighted by atomic mass is 35.5. The van der Waals surface area contributed by atoms with Crippen LogP contribution in [0.1, 0.15) is 60.8 Å². The SMILES string of the molecule is CC(C)(C)OC(=O)[SH]1C(Cl)=NC2=C1C(=N[S+]([O-])C(C)(C)C)C1(CCNCC1)C2. The van der Waals surface area contributed by atoms with Crippen molar-refractivity contribution in [2.45, 2.75) is 71.2 Å². The fourth-order valence-corrected chi connectivity index (χ4v) is 6.95. The Morgan fingerprint density at radius 3 is 2.43 bits per heavy atom. The van der Waals surface area contributed by atoms with Gasteiger partial charge in [-0.25, -0.2) is 9.79 Å². The van der Waals surface area contributed by atoms with Crippen LogP contribution in [0, 0.1) is 5.41 Å². The van der Waals surface area contributed by atoms with Crippen LogP contribution in [-0.2, 0) is 16.1 Å². The van der Waals surface area contributed by atoms with Gasteiger partial charge < -0.3 is 14.6 Å². The lowest BCUT2D eigenvalue weighted by atomic mass is 9.75. The zero-order valence-electron chi connectivity index (χ0n) is 17.4. The normalized spacial score (nSPS) is 28.5. The van der Waals surface area contributed by atoms with Gasteiger partial charge in [0.15, 0.2) is 4.50 Å². The third-order valence-corrected chi connectivity index (χ3v) is 8.81. The molecule has 3 aliphatic rings. The number of nitrogens with zero attached hydrogens (tertiary/aromatic N) is 2.